The minimum absolute atomic E-state index is 0.0889. The molecule has 5 nitrogen and oxygen atoms in total. The molecule has 0 bridgehead atoms. The summed E-state index contributed by atoms with van der Waals surface area (Å²) in [5, 5.41) is 10.8. The molecule has 0 saturated heterocycles. The van der Waals surface area contributed by atoms with Gasteiger partial charge in [-0.25, -0.2) is 8.42 Å². The molecule has 0 amide bonds. The van der Waals surface area contributed by atoms with Gasteiger partial charge in [0, 0.05) is 13.0 Å². The lowest BCUT2D eigenvalue weighted by Gasteiger charge is -2.24. The minimum atomic E-state index is -3.78. The van der Waals surface area contributed by atoms with Crippen molar-refractivity contribution in [3.8, 4) is 0 Å². The van der Waals surface area contributed by atoms with Crippen LogP contribution in [0.5, 0.6) is 0 Å². The zero-order valence-electron chi connectivity index (χ0n) is 14.1. The highest BCUT2D eigenvalue weighted by molar-refractivity contribution is 7.92. The van der Waals surface area contributed by atoms with Crippen molar-refractivity contribution in [1.29, 1.82) is 0 Å². The maximum Gasteiger partial charge on any atom is 0.303 e. The quantitative estimate of drug-likeness (QED) is 0.685. The summed E-state index contributed by atoms with van der Waals surface area (Å²) >= 11 is 0. The minimum Gasteiger partial charge on any atom is -0.481 e. The van der Waals surface area contributed by atoms with Crippen LogP contribution >= 0.6 is 0 Å². The molecule has 0 heterocycles. The lowest BCUT2D eigenvalue weighted by Crippen LogP contribution is -2.32. The number of aliphatic carboxylic acids is 1. The summed E-state index contributed by atoms with van der Waals surface area (Å²) < 4.78 is 27.5. The van der Waals surface area contributed by atoms with Crippen molar-refractivity contribution in [2.24, 2.45) is 0 Å². The highest BCUT2D eigenvalue weighted by Crippen LogP contribution is 2.27. The molecule has 0 aliphatic heterocycles. The monoisotopic (exact) mass is 369 g/mol. The fraction of sp³-hybridized carbons (Fsp3) is 0.150. The molecule has 0 aliphatic rings. The van der Waals surface area contributed by atoms with Gasteiger partial charge in [0.1, 0.15) is 0 Å². The van der Waals surface area contributed by atoms with Crippen LogP contribution in [0.15, 0.2) is 77.7 Å². The van der Waals surface area contributed by atoms with Crippen molar-refractivity contribution < 1.29 is 18.3 Å². The number of nitrogens with zero attached hydrogens (tertiary/aromatic N) is 1. The number of carboxylic acids is 1. The first-order valence-corrected chi connectivity index (χ1v) is 9.71. The molecule has 3 aromatic carbocycles. The van der Waals surface area contributed by atoms with Crippen LogP contribution in [0.4, 0.5) is 5.69 Å². The van der Waals surface area contributed by atoms with Gasteiger partial charge in [-0.15, -0.1) is 0 Å². The summed E-state index contributed by atoms with van der Waals surface area (Å²) in [4.78, 5) is 11.0. The van der Waals surface area contributed by atoms with Crippen molar-refractivity contribution in [2.75, 3.05) is 10.8 Å². The van der Waals surface area contributed by atoms with E-state index in [1.807, 2.05) is 36.4 Å². The van der Waals surface area contributed by atoms with Gasteiger partial charge in [0.15, 0.2) is 0 Å². The van der Waals surface area contributed by atoms with Crippen LogP contribution in [-0.4, -0.2) is 26.0 Å². The van der Waals surface area contributed by atoms with Gasteiger partial charge in [0.05, 0.1) is 10.6 Å². The van der Waals surface area contributed by atoms with E-state index in [0.29, 0.717) is 5.69 Å². The lowest BCUT2D eigenvalue weighted by molar-refractivity contribution is -0.137. The molecular weight excluding hydrogens is 350 g/mol. The number of benzene rings is 3. The van der Waals surface area contributed by atoms with E-state index < -0.39 is 16.0 Å². The maximum atomic E-state index is 13.1. The molecular formula is C20H19NO4S. The zero-order chi connectivity index (χ0) is 18.6. The average molecular weight is 369 g/mol. The molecule has 3 rings (SSSR count). The highest BCUT2D eigenvalue weighted by Gasteiger charge is 2.24. The van der Waals surface area contributed by atoms with E-state index in [2.05, 4.69) is 0 Å². The Morgan fingerprint density at radius 1 is 0.885 bits per heavy atom. The van der Waals surface area contributed by atoms with Crippen LogP contribution in [0, 0.1) is 0 Å². The Labute approximate surface area is 152 Å². The van der Waals surface area contributed by atoms with Crippen molar-refractivity contribution in [2.45, 2.75) is 17.7 Å². The fourth-order valence-corrected chi connectivity index (χ4v) is 4.33. The van der Waals surface area contributed by atoms with Crippen molar-refractivity contribution >= 4 is 32.5 Å². The van der Waals surface area contributed by atoms with Gasteiger partial charge in [0.25, 0.3) is 10.0 Å². The molecule has 1 N–H and O–H groups in total. The summed E-state index contributed by atoms with van der Waals surface area (Å²) in [7, 11) is -3.78. The van der Waals surface area contributed by atoms with E-state index in [9.17, 15) is 13.2 Å². The van der Waals surface area contributed by atoms with Gasteiger partial charge in [-0.1, -0.05) is 48.5 Å². The Morgan fingerprint density at radius 3 is 2.23 bits per heavy atom. The van der Waals surface area contributed by atoms with E-state index in [-0.39, 0.29) is 24.3 Å². The number of carboxylic acid groups (broad SMARTS) is 1. The van der Waals surface area contributed by atoms with Crippen LogP contribution in [-0.2, 0) is 14.8 Å². The molecule has 0 radical (unpaired) electrons. The molecule has 0 spiro atoms. The molecule has 0 unspecified atom stereocenters. The molecule has 26 heavy (non-hydrogen) atoms. The largest absolute Gasteiger partial charge is 0.481 e. The maximum absolute atomic E-state index is 13.1. The van der Waals surface area contributed by atoms with Gasteiger partial charge in [-0.3, -0.25) is 9.10 Å². The van der Waals surface area contributed by atoms with E-state index in [0.717, 1.165) is 10.8 Å². The summed E-state index contributed by atoms with van der Waals surface area (Å²) in [5.41, 5.74) is 0.526. The third-order valence-corrected chi connectivity index (χ3v) is 5.95. The molecule has 0 aliphatic carbocycles. The first-order chi connectivity index (χ1) is 12.5. The van der Waals surface area contributed by atoms with E-state index >= 15 is 0 Å². The highest BCUT2D eigenvalue weighted by atomic mass is 32.2. The van der Waals surface area contributed by atoms with Crippen LogP contribution in [0.1, 0.15) is 12.8 Å². The SMILES string of the molecule is O=C(O)CCCN(c1ccc2ccccc2c1)S(=O)(=O)c1ccccc1. The fourth-order valence-electron chi connectivity index (χ4n) is 2.81. The van der Waals surface area contributed by atoms with Gasteiger partial charge >= 0.3 is 5.97 Å². The normalized spacial score (nSPS) is 11.4. The summed E-state index contributed by atoms with van der Waals surface area (Å²) in [6.45, 7) is 0.0991. The molecule has 0 atom stereocenters. The molecule has 0 aromatic heterocycles. The topological polar surface area (TPSA) is 74.7 Å². The van der Waals surface area contributed by atoms with E-state index in [1.54, 1.807) is 36.4 Å². The second-order valence-corrected chi connectivity index (χ2v) is 7.78. The number of anilines is 1. The van der Waals surface area contributed by atoms with Gasteiger partial charge in [0.2, 0.25) is 0 Å². The Balaban J connectivity index is 2.03. The Hall–Kier alpha value is -2.86. The van der Waals surface area contributed by atoms with Crippen LogP contribution in [0.3, 0.4) is 0 Å². The first kappa shape index (κ1) is 17.9. The molecule has 0 fully saturated rings. The number of fused-ring (bicyclic) bond motifs is 1. The molecule has 134 valence electrons. The Morgan fingerprint density at radius 2 is 1.54 bits per heavy atom. The lowest BCUT2D eigenvalue weighted by atomic mass is 10.1. The average Bonchev–Trinajstić information content (AvgIpc) is 2.65. The number of hydrogen-bond donors (Lipinski definition) is 1. The Bertz CT molecular complexity index is 1020. The van der Waals surface area contributed by atoms with Gasteiger partial charge < -0.3 is 5.11 Å². The standard InChI is InChI=1S/C20H19NO4S/c22-20(23)11-6-14-21(26(24,25)19-9-2-1-3-10-19)18-13-12-16-7-4-5-8-17(16)15-18/h1-5,7-10,12-13,15H,6,11,14H2,(H,22,23). The van der Waals surface area contributed by atoms with Crippen LogP contribution in [0.2, 0.25) is 0 Å². The predicted molar refractivity (Wildman–Crippen MR) is 102 cm³/mol. The number of carbonyl (C=O) groups is 1. The van der Waals surface area contributed by atoms with Crippen molar-refractivity contribution in [1.82, 2.24) is 0 Å². The van der Waals surface area contributed by atoms with Crippen molar-refractivity contribution in [3.63, 3.8) is 0 Å². The third-order valence-electron chi connectivity index (χ3n) is 4.10. The van der Waals surface area contributed by atoms with E-state index in [1.165, 1.54) is 4.31 Å². The van der Waals surface area contributed by atoms with Crippen LogP contribution < -0.4 is 4.31 Å². The van der Waals surface area contributed by atoms with E-state index in [4.69, 9.17) is 5.11 Å². The number of hydrogen-bond acceptors (Lipinski definition) is 3. The molecule has 3 aromatic rings. The summed E-state index contributed by atoms with van der Waals surface area (Å²) in [6.07, 6.45) is 0.141. The summed E-state index contributed by atoms with van der Waals surface area (Å²) in [6, 6.07) is 21.3. The molecule has 0 saturated carbocycles. The molecule has 6 heteroatoms. The van der Waals surface area contributed by atoms with Crippen molar-refractivity contribution in [3.05, 3.63) is 72.8 Å². The smallest absolute Gasteiger partial charge is 0.303 e. The number of rotatable bonds is 7. The Kier molecular flexibility index (Phi) is 5.23. The number of sulfonamides is 1. The van der Waals surface area contributed by atoms with Gasteiger partial charge in [-0.2, -0.15) is 0 Å². The first-order valence-electron chi connectivity index (χ1n) is 8.27. The predicted octanol–water partition coefficient (Wildman–Crippen LogP) is 3.90. The van der Waals surface area contributed by atoms with Gasteiger partial charge in [-0.05, 0) is 41.5 Å². The second-order valence-electron chi connectivity index (χ2n) is 5.92. The van der Waals surface area contributed by atoms with Crippen LogP contribution in [0.25, 0.3) is 10.8 Å². The zero-order valence-corrected chi connectivity index (χ0v) is 14.9. The second kappa shape index (κ2) is 7.58. The third kappa shape index (κ3) is 3.86. The summed E-state index contributed by atoms with van der Waals surface area (Å²) in [5.74, 6) is -0.944.